The van der Waals surface area contributed by atoms with Crippen LogP contribution in [0.25, 0.3) is 0 Å². The molecule has 1 aromatic rings. The van der Waals surface area contributed by atoms with Gasteiger partial charge in [-0.05, 0) is 30.7 Å². The molecule has 0 spiro atoms. The van der Waals surface area contributed by atoms with Gasteiger partial charge < -0.3 is 15.7 Å². The first kappa shape index (κ1) is 17.5. The molecule has 1 aliphatic carbocycles. The third kappa shape index (κ3) is 3.72. The van der Waals surface area contributed by atoms with Gasteiger partial charge in [-0.3, -0.25) is 9.59 Å². The van der Waals surface area contributed by atoms with Crippen LogP contribution in [0.2, 0.25) is 0 Å². The zero-order chi connectivity index (χ0) is 17.1. The number of rotatable bonds is 6. The normalized spacial score (nSPS) is 15.6. The summed E-state index contributed by atoms with van der Waals surface area (Å²) >= 11 is 1.41. The first-order chi connectivity index (χ1) is 10.8. The van der Waals surface area contributed by atoms with E-state index in [9.17, 15) is 19.5 Å². The van der Waals surface area contributed by atoms with Gasteiger partial charge in [-0.15, -0.1) is 11.3 Å². The van der Waals surface area contributed by atoms with Crippen LogP contribution < -0.4 is 10.6 Å². The van der Waals surface area contributed by atoms with Gasteiger partial charge in [-0.1, -0.05) is 20.3 Å². The Morgan fingerprint density at radius 3 is 2.57 bits per heavy atom. The van der Waals surface area contributed by atoms with Gasteiger partial charge in [0.05, 0.1) is 5.56 Å². The number of thiophene rings is 1. The number of nitrogens with one attached hydrogen (secondary N) is 2. The highest BCUT2D eigenvalue weighted by atomic mass is 32.1. The molecule has 2 amide bonds. The molecule has 2 unspecified atom stereocenters. The van der Waals surface area contributed by atoms with E-state index in [1.54, 1.807) is 6.92 Å². The molecule has 6 nitrogen and oxygen atoms in total. The Bertz CT molecular complexity index is 638. The molecule has 0 saturated heterocycles. The molecule has 3 N–H and O–H groups in total. The molecule has 0 aromatic carbocycles. The Hall–Kier alpha value is -1.89. The number of fused-ring (bicyclic) bond motifs is 1. The van der Waals surface area contributed by atoms with Crippen LogP contribution in [0.4, 0.5) is 5.00 Å². The molecule has 0 radical (unpaired) electrons. The number of amides is 2. The van der Waals surface area contributed by atoms with Gasteiger partial charge in [-0.2, -0.15) is 0 Å². The Balaban J connectivity index is 2.31. The van der Waals surface area contributed by atoms with Crippen molar-refractivity contribution in [2.45, 2.75) is 52.5 Å². The Labute approximate surface area is 139 Å². The van der Waals surface area contributed by atoms with E-state index < -0.39 is 17.9 Å². The zero-order valence-electron chi connectivity index (χ0n) is 13.6. The fourth-order valence-corrected chi connectivity index (χ4v) is 4.12. The summed E-state index contributed by atoms with van der Waals surface area (Å²) in [6.45, 7) is 5.08. The highest BCUT2D eigenvalue weighted by Crippen LogP contribution is 2.39. The first-order valence-corrected chi connectivity index (χ1v) is 8.62. The van der Waals surface area contributed by atoms with Crippen LogP contribution >= 0.6 is 11.3 Å². The number of aryl methyl sites for hydroxylation is 1. The minimum atomic E-state index is -1.04. The smallest absolute Gasteiger partial charge is 0.326 e. The monoisotopic (exact) mass is 338 g/mol. The van der Waals surface area contributed by atoms with Crippen molar-refractivity contribution in [1.29, 1.82) is 0 Å². The van der Waals surface area contributed by atoms with Gasteiger partial charge in [0.1, 0.15) is 11.0 Å². The number of carbonyl (C=O) groups is 3. The van der Waals surface area contributed by atoms with Crippen molar-refractivity contribution < 1.29 is 19.5 Å². The standard InChI is InChI=1S/C16H22N2O4S/c1-4-8(2)13(16(21)22)18-14(20)12-10-6-5-7-11(10)23-15(12)17-9(3)19/h8,13H,4-7H2,1-3H3,(H,17,19)(H,18,20)(H,21,22). The van der Waals surface area contributed by atoms with Gasteiger partial charge in [-0.25, -0.2) is 4.79 Å². The second kappa shape index (κ2) is 7.12. The number of carboxylic acid groups (broad SMARTS) is 1. The fourth-order valence-electron chi connectivity index (χ4n) is 2.79. The number of hydrogen-bond acceptors (Lipinski definition) is 4. The van der Waals surface area contributed by atoms with Crippen molar-refractivity contribution in [3.63, 3.8) is 0 Å². The zero-order valence-corrected chi connectivity index (χ0v) is 14.4. The van der Waals surface area contributed by atoms with Crippen LogP contribution in [-0.4, -0.2) is 28.9 Å². The highest BCUT2D eigenvalue weighted by Gasteiger charge is 2.31. The molecule has 0 fully saturated rings. The van der Waals surface area contributed by atoms with Crippen molar-refractivity contribution in [2.75, 3.05) is 5.32 Å². The average Bonchev–Trinajstić information content (AvgIpc) is 3.02. The third-order valence-corrected chi connectivity index (χ3v) is 5.41. The van der Waals surface area contributed by atoms with E-state index >= 15 is 0 Å². The Morgan fingerprint density at radius 2 is 2.00 bits per heavy atom. The largest absolute Gasteiger partial charge is 0.480 e. The summed E-state index contributed by atoms with van der Waals surface area (Å²) in [6, 6.07) is -0.936. The molecule has 1 aromatic heterocycles. The van der Waals surface area contributed by atoms with Crippen LogP contribution in [-0.2, 0) is 22.4 Å². The average molecular weight is 338 g/mol. The van der Waals surface area contributed by atoms with E-state index in [4.69, 9.17) is 0 Å². The van der Waals surface area contributed by atoms with Crippen LogP contribution in [0.1, 0.15) is 54.4 Å². The van der Waals surface area contributed by atoms with Gasteiger partial charge >= 0.3 is 5.97 Å². The maximum absolute atomic E-state index is 12.7. The first-order valence-electron chi connectivity index (χ1n) is 7.80. The maximum atomic E-state index is 12.7. The maximum Gasteiger partial charge on any atom is 0.326 e. The second-order valence-corrected chi connectivity index (χ2v) is 7.02. The molecule has 1 heterocycles. The van der Waals surface area contributed by atoms with Crippen LogP contribution in [0.3, 0.4) is 0 Å². The van der Waals surface area contributed by atoms with Crippen molar-refractivity contribution in [1.82, 2.24) is 5.32 Å². The lowest BCUT2D eigenvalue weighted by atomic mass is 9.98. The molecule has 1 aliphatic rings. The molecule has 2 atom stereocenters. The lowest BCUT2D eigenvalue weighted by molar-refractivity contribution is -0.140. The number of carbonyl (C=O) groups excluding carboxylic acids is 2. The van der Waals surface area contributed by atoms with Crippen molar-refractivity contribution in [3.05, 3.63) is 16.0 Å². The van der Waals surface area contributed by atoms with Gasteiger partial charge in [0, 0.05) is 11.8 Å². The molecular formula is C16H22N2O4S. The molecule has 126 valence electrons. The SMILES string of the molecule is CCC(C)C(NC(=O)c1c(NC(C)=O)sc2c1CCC2)C(=O)O. The van der Waals surface area contributed by atoms with Crippen LogP contribution in [0.15, 0.2) is 0 Å². The number of aliphatic carboxylic acids is 1. The van der Waals surface area contributed by atoms with Crippen molar-refractivity contribution in [2.24, 2.45) is 5.92 Å². The molecule has 7 heteroatoms. The van der Waals surface area contributed by atoms with Crippen LogP contribution in [0.5, 0.6) is 0 Å². The van der Waals surface area contributed by atoms with Crippen LogP contribution in [0, 0.1) is 5.92 Å². The van der Waals surface area contributed by atoms with E-state index in [1.807, 2.05) is 6.92 Å². The van der Waals surface area contributed by atoms with Gasteiger partial charge in [0.15, 0.2) is 0 Å². The minimum absolute atomic E-state index is 0.174. The fraction of sp³-hybridized carbons (Fsp3) is 0.562. The van der Waals surface area contributed by atoms with Crippen molar-refractivity contribution in [3.8, 4) is 0 Å². The summed E-state index contributed by atoms with van der Waals surface area (Å²) < 4.78 is 0. The summed E-state index contributed by atoms with van der Waals surface area (Å²) in [5, 5.41) is 15.2. The summed E-state index contributed by atoms with van der Waals surface area (Å²) in [6.07, 6.45) is 3.32. The Kier molecular flexibility index (Phi) is 5.41. The van der Waals surface area contributed by atoms with E-state index in [1.165, 1.54) is 18.3 Å². The molecule has 2 rings (SSSR count). The summed E-state index contributed by atoms with van der Waals surface area (Å²) in [4.78, 5) is 36.6. The number of hydrogen-bond donors (Lipinski definition) is 3. The van der Waals surface area contributed by atoms with Gasteiger partial charge in [0.25, 0.3) is 5.91 Å². The molecule has 23 heavy (non-hydrogen) atoms. The van der Waals surface area contributed by atoms with E-state index in [2.05, 4.69) is 10.6 Å². The molecule has 0 saturated carbocycles. The number of carboxylic acids is 1. The lowest BCUT2D eigenvalue weighted by Crippen LogP contribution is -2.45. The quantitative estimate of drug-likeness (QED) is 0.742. The topological polar surface area (TPSA) is 95.5 Å². The lowest BCUT2D eigenvalue weighted by Gasteiger charge is -2.20. The number of anilines is 1. The molecular weight excluding hydrogens is 316 g/mol. The van der Waals surface area contributed by atoms with Crippen molar-refractivity contribution >= 4 is 34.1 Å². The predicted molar refractivity (Wildman–Crippen MR) is 89.0 cm³/mol. The summed E-state index contributed by atoms with van der Waals surface area (Å²) in [5.41, 5.74) is 1.39. The summed E-state index contributed by atoms with van der Waals surface area (Å²) in [7, 11) is 0. The third-order valence-electron chi connectivity index (χ3n) is 4.20. The molecule has 0 bridgehead atoms. The predicted octanol–water partition coefficient (Wildman–Crippen LogP) is 2.42. The highest BCUT2D eigenvalue weighted by molar-refractivity contribution is 7.17. The second-order valence-electron chi connectivity index (χ2n) is 5.92. The van der Waals surface area contributed by atoms with E-state index in [0.29, 0.717) is 17.0 Å². The minimum Gasteiger partial charge on any atom is -0.480 e. The van der Waals surface area contributed by atoms with E-state index in [-0.39, 0.29) is 11.8 Å². The van der Waals surface area contributed by atoms with E-state index in [0.717, 1.165) is 29.7 Å². The van der Waals surface area contributed by atoms with Gasteiger partial charge in [0.2, 0.25) is 5.91 Å². The molecule has 0 aliphatic heterocycles. The summed E-state index contributed by atoms with van der Waals surface area (Å²) in [5.74, 6) is -1.87. The Morgan fingerprint density at radius 1 is 1.30 bits per heavy atom.